The van der Waals surface area contributed by atoms with Crippen molar-refractivity contribution in [3.05, 3.63) is 50.2 Å². The third-order valence-electron chi connectivity index (χ3n) is 3.06. The first-order valence-electron chi connectivity index (χ1n) is 6.94. The van der Waals surface area contributed by atoms with Gasteiger partial charge in [0.25, 0.3) is 5.91 Å². The van der Waals surface area contributed by atoms with Gasteiger partial charge in [0, 0.05) is 5.69 Å². The zero-order valence-electron chi connectivity index (χ0n) is 13.2. The van der Waals surface area contributed by atoms with Crippen LogP contribution in [0.4, 0.5) is 11.4 Å². The van der Waals surface area contributed by atoms with Crippen LogP contribution in [-0.2, 0) is 0 Å². The van der Waals surface area contributed by atoms with Crippen molar-refractivity contribution in [1.82, 2.24) is 15.8 Å². The number of nitrogen functional groups attached to an aromatic ring is 1. The fourth-order valence-electron chi connectivity index (χ4n) is 2.06. The van der Waals surface area contributed by atoms with E-state index in [0.29, 0.717) is 0 Å². The van der Waals surface area contributed by atoms with E-state index < -0.39 is 5.91 Å². The maximum Gasteiger partial charge on any atom is 0.289 e. The molecule has 1 heterocycles. The number of halogens is 3. The zero-order chi connectivity index (χ0) is 18.7. The number of carbonyl (C=O) groups excluding carboxylic acids is 1. The van der Waals surface area contributed by atoms with E-state index in [1.54, 1.807) is 0 Å². The summed E-state index contributed by atoms with van der Waals surface area (Å²) in [4.78, 5) is 16.0. The van der Waals surface area contributed by atoms with Crippen molar-refractivity contribution in [2.75, 3.05) is 11.1 Å². The number of nitrogens with zero attached hydrogens (tertiary/aromatic N) is 1. The predicted octanol–water partition coefficient (Wildman–Crippen LogP) is 3.87. The number of rotatable bonds is 2. The van der Waals surface area contributed by atoms with Gasteiger partial charge in [0.1, 0.15) is 5.02 Å². The number of thiocarbonyl (C=S) groups is 1. The Morgan fingerprint density at radius 3 is 2.28 bits per heavy atom. The Balaban J connectivity index is 2.04. The quantitative estimate of drug-likeness (QED) is 0.336. The molecule has 0 fully saturated rings. The summed E-state index contributed by atoms with van der Waals surface area (Å²) in [7, 11) is 0. The first-order valence-corrected chi connectivity index (χ1v) is 8.49. The van der Waals surface area contributed by atoms with Crippen molar-refractivity contribution in [2.24, 2.45) is 0 Å². The average Bonchev–Trinajstić information content (AvgIpc) is 2.53. The number of hydrogen-bond acceptors (Lipinski definition) is 4. The molecular weight excluding hydrogens is 405 g/mol. The summed E-state index contributed by atoms with van der Waals surface area (Å²) in [6, 6.07) is 5.87. The van der Waals surface area contributed by atoms with Gasteiger partial charge < -0.3 is 11.1 Å². The average molecular weight is 419 g/mol. The summed E-state index contributed by atoms with van der Waals surface area (Å²) in [6.45, 7) is 3.94. The molecule has 1 aromatic heterocycles. The summed E-state index contributed by atoms with van der Waals surface area (Å²) in [6.07, 6.45) is 0. The van der Waals surface area contributed by atoms with Gasteiger partial charge in [0.05, 0.1) is 10.7 Å². The number of pyridine rings is 1. The predicted molar refractivity (Wildman–Crippen MR) is 106 cm³/mol. The molecule has 0 saturated carbocycles. The van der Waals surface area contributed by atoms with Crippen LogP contribution in [0, 0.1) is 13.8 Å². The summed E-state index contributed by atoms with van der Waals surface area (Å²) in [5.74, 6) is -0.667. The Hall–Kier alpha value is -1.80. The van der Waals surface area contributed by atoms with Crippen molar-refractivity contribution in [3.63, 3.8) is 0 Å². The second-order valence-electron chi connectivity index (χ2n) is 5.20. The number of hydrogen-bond donors (Lipinski definition) is 4. The highest BCUT2D eigenvalue weighted by molar-refractivity contribution is 7.80. The lowest BCUT2D eigenvalue weighted by molar-refractivity contribution is 0.0939. The van der Waals surface area contributed by atoms with Crippen LogP contribution in [-0.4, -0.2) is 16.0 Å². The molecule has 0 aliphatic heterocycles. The van der Waals surface area contributed by atoms with Gasteiger partial charge in [-0.25, -0.2) is 4.98 Å². The van der Waals surface area contributed by atoms with Crippen LogP contribution in [0.2, 0.25) is 15.2 Å². The van der Waals surface area contributed by atoms with Gasteiger partial charge in [0.2, 0.25) is 0 Å². The van der Waals surface area contributed by atoms with Crippen LogP contribution in [0.5, 0.6) is 0 Å². The summed E-state index contributed by atoms with van der Waals surface area (Å²) < 4.78 is 0. The number of nitrogens with one attached hydrogen (secondary N) is 3. The molecule has 5 N–H and O–H groups in total. The molecule has 132 valence electrons. The van der Waals surface area contributed by atoms with E-state index in [2.05, 4.69) is 21.2 Å². The maximum atomic E-state index is 12.2. The van der Waals surface area contributed by atoms with Gasteiger partial charge in [-0.2, -0.15) is 0 Å². The molecule has 0 aliphatic rings. The van der Waals surface area contributed by atoms with Gasteiger partial charge in [-0.05, 0) is 49.3 Å². The van der Waals surface area contributed by atoms with E-state index in [1.807, 2.05) is 32.0 Å². The molecular formula is C15H14Cl3N5OS. The van der Waals surface area contributed by atoms with Gasteiger partial charge in [0.15, 0.2) is 16.0 Å². The minimum atomic E-state index is -0.667. The van der Waals surface area contributed by atoms with Crippen molar-refractivity contribution >= 4 is 69.4 Å². The van der Waals surface area contributed by atoms with E-state index in [-0.39, 0.29) is 31.7 Å². The summed E-state index contributed by atoms with van der Waals surface area (Å²) >= 11 is 22.7. The molecule has 1 amide bonds. The van der Waals surface area contributed by atoms with E-state index >= 15 is 0 Å². The van der Waals surface area contributed by atoms with Crippen molar-refractivity contribution in [3.8, 4) is 0 Å². The molecule has 0 bridgehead atoms. The fraction of sp³-hybridized carbons (Fsp3) is 0.133. The Labute approximate surface area is 165 Å². The van der Waals surface area contributed by atoms with Crippen LogP contribution in [0.1, 0.15) is 21.6 Å². The lowest BCUT2D eigenvalue weighted by Gasteiger charge is -2.13. The number of carbonyl (C=O) groups is 1. The van der Waals surface area contributed by atoms with Gasteiger partial charge >= 0.3 is 0 Å². The molecule has 10 heteroatoms. The SMILES string of the molecule is Cc1cc(C)cc(NC(=S)NNC(=O)c2nc(Cl)c(Cl)c(N)c2Cl)c1. The molecule has 1 aromatic carbocycles. The third-order valence-corrected chi connectivity index (χ3v) is 4.40. The maximum absolute atomic E-state index is 12.2. The molecule has 6 nitrogen and oxygen atoms in total. The van der Waals surface area contributed by atoms with Crippen LogP contribution >= 0.6 is 47.0 Å². The molecule has 0 unspecified atom stereocenters. The number of anilines is 2. The van der Waals surface area contributed by atoms with Crippen LogP contribution in [0.3, 0.4) is 0 Å². The van der Waals surface area contributed by atoms with E-state index in [9.17, 15) is 4.79 Å². The first-order chi connectivity index (χ1) is 11.7. The lowest BCUT2D eigenvalue weighted by atomic mass is 10.1. The van der Waals surface area contributed by atoms with Crippen LogP contribution in [0.25, 0.3) is 0 Å². The Bertz CT molecular complexity index is 839. The molecule has 0 saturated heterocycles. The molecule has 0 spiro atoms. The van der Waals surface area contributed by atoms with Crippen LogP contribution < -0.4 is 21.9 Å². The topological polar surface area (TPSA) is 92.1 Å². The number of aromatic nitrogens is 1. The summed E-state index contributed by atoms with van der Waals surface area (Å²) in [5, 5.41) is 2.91. The Morgan fingerprint density at radius 1 is 1.08 bits per heavy atom. The first kappa shape index (κ1) is 19.5. The number of aryl methyl sites for hydroxylation is 2. The Kier molecular flexibility index (Phi) is 6.29. The van der Waals surface area contributed by atoms with Crippen molar-refractivity contribution < 1.29 is 4.79 Å². The van der Waals surface area contributed by atoms with E-state index in [4.69, 9.17) is 52.8 Å². The molecule has 2 aromatic rings. The molecule has 25 heavy (non-hydrogen) atoms. The largest absolute Gasteiger partial charge is 0.396 e. The number of hydrazine groups is 1. The van der Waals surface area contributed by atoms with E-state index in [0.717, 1.165) is 16.8 Å². The second kappa shape index (κ2) is 8.05. The van der Waals surface area contributed by atoms with Gasteiger partial charge in [-0.3, -0.25) is 15.6 Å². The summed E-state index contributed by atoms with van der Waals surface area (Å²) in [5.41, 5.74) is 13.4. The zero-order valence-corrected chi connectivity index (χ0v) is 16.3. The second-order valence-corrected chi connectivity index (χ2v) is 6.72. The Morgan fingerprint density at radius 2 is 1.68 bits per heavy atom. The highest BCUT2D eigenvalue weighted by Gasteiger charge is 2.19. The molecule has 0 radical (unpaired) electrons. The van der Waals surface area contributed by atoms with E-state index in [1.165, 1.54) is 0 Å². The molecule has 0 aliphatic carbocycles. The molecule has 2 rings (SSSR count). The smallest absolute Gasteiger partial charge is 0.289 e. The normalized spacial score (nSPS) is 10.3. The fourth-order valence-corrected chi connectivity index (χ4v) is 2.83. The highest BCUT2D eigenvalue weighted by atomic mass is 35.5. The van der Waals surface area contributed by atoms with Gasteiger partial charge in [-0.15, -0.1) is 0 Å². The highest BCUT2D eigenvalue weighted by Crippen LogP contribution is 2.34. The van der Waals surface area contributed by atoms with Gasteiger partial charge in [-0.1, -0.05) is 40.9 Å². The minimum Gasteiger partial charge on any atom is -0.396 e. The molecule has 0 atom stereocenters. The standard InChI is InChI=1S/C15H14Cl3N5OS/c1-6-3-7(2)5-8(4-6)20-15(25)23-22-14(24)12-9(16)11(19)10(17)13(18)21-12/h3-5H,1-2H3,(H2,19,21)(H,22,24)(H2,20,23,25). The van der Waals surface area contributed by atoms with Crippen LogP contribution in [0.15, 0.2) is 18.2 Å². The third kappa shape index (κ3) is 4.85. The number of benzene rings is 1. The van der Waals surface area contributed by atoms with Crippen molar-refractivity contribution in [1.29, 1.82) is 0 Å². The number of nitrogens with two attached hydrogens (primary N) is 1. The monoisotopic (exact) mass is 417 g/mol. The number of amides is 1. The van der Waals surface area contributed by atoms with Crippen molar-refractivity contribution in [2.45, 2.75) is 13.8 Å². The lowest BCUT2D eigenvalue weighted by Crippen LogP contribution is -2.44. The minimum absolute atomic E-state index is 0.0109.